The van der Waals surface area contributed by atoms with E-state index < -0.39 is 0 Å². The van der Waals surface area contributed by atoms with E-state index in [0.29, 0.717) is 35.9 Å². The van der Waals surface area contributed by atoms with Crippen LogP contribution >= 0.6 is 0 Å². The van der Waals surface area contributed by atoms with E-state index in [1.54, 1.807) is 17.0 Å². The molecule has 5 nitrogen and oxygen atoms in total. The van der Waals surface area contributed by atoms with Crippen LogP contribution in [-0.2, 0) is 0 Å². The lowest BCUT2D eigenvalue weighted by atomic mass is 10.00. The number of ether oxygens (including phenoxy) is 3. The highest BCUT2D eigenvalue weighted by Crippen LogP contribution is 2.38. The highest BCUT2D eigenvalue weighted by Gasteiger charge is 2.32. The normalized spacial score (nSPS) is 14.7. The van der Waals surface area contributed by atoms with Crippen LogP contribution in [0.1, 0.15) is 10.4 Å². The van der Waals surface area contributed by atoms with Crippen LogP contribution in [0.25, 0.3) is 0 Å². The highest BCUT2D eigenvalue weighted by atomic mass is 19.1. The van der Waals surface area contributed by atoms with Crippen molar-refractivity contribution in [3.8, 4) is 17.2 Å². The summed E-state index contributed by atoms with van der Waals surface area (Å²) in [6.07, 6.45) is 0. The number of methoxy groups -OCH3 is 3. The number of benzene rings is 1. The van der Waals surface area contributed by atoms with Gasteiger partial charge in [-0.25, -0.2) is 0 Å². The van der Waals surface area contributed by atoms with E-state index in [9.17, 15) is 9.18 Å². The van der Waals surface area contributed by atoms with Crippen LogP contribution in [0.2, 0.25) is 0 Å². The first-order valence-corrected chi connectivity index (χ1v) is 6.29. The van der Waals surface area contributed by atoms with Crippen molar-refractivity contribution < 1.29 is 23.4 Å². The zero-order valence-corrected chi connectivity index (χ0v) is 11.8. The Bertz CT molecular complexity index is 475. The molecule has 0 saturated carbocycles. The molecule has 1 aromatic carbocycles. The number of carbonyl (C=O) groups excluding carboxylic acids is 1. The van der Waals surface area contributed by atoms with Gasteiger partial charge in [-0.05, 0) is 12.1 Å². The van der Waals surface area contributed by atoms with Crippen molar-refractivity contribution in [2.24, 2.45) is 5.92 Å². The van der Waals surface area contributed by atoms with Gasteiger partial charge in [0.05, 0.1) is 28.0 Å². The summed E-state index contributed by atoms with van der Waals surface area (Å²) in [5.74, 6) is 1.10. The first-order chi connectivity index (χ1) is 9.64. The second-order valence-corrected chi connectivity index (χ2v) is 4.64. The molecule has 6 heteroatoms. The lowest BCUT2D eigenvalue weighted by molar-refractivity contribution is 0.0452. The standard InChI is InChI=1S/C14H18FNO4/c1-18-11-4-10(5-12(19-2)13(11)20-3)14(17)16-7-9(6-15)8-16/h4-5,9H,6-8H2,1-3H3. The molecule has 1 heterocycles. The van der Waals surface area contributed by atoms with E-state index in [1.807, 2.05) is 0 Å². The fourth-order valence-electron chi connectivity index (χ4n) is 2.22. The number of rotatable bonds is 5. The van der Waals surface area contributed by atoms with Gasteiger partial charge in [0, 0.05) is 24.6 Å². The summed E-state index contributed by atoms with van der Waals surface area (Å²) in [7, 11) is 4.49. The van der Waals surface area contributed by atoms with Gasteiger partial charge in [-0.1, -0.05) is 0 Å². The van der Waals surface area contributed by atoms with E-state index in [0.717, 1.165) is 0 Å². The van der Waals surface area contributed by atoms with Crippen molar-refractivity contribution in [3.63, 3.8) is 0 Å². The molecular weight excluding hydrogens is 265 g/mol. The predicted molar refractivity (Wildman–Crippen MR) is 71.5 cm³/mol. The molecule has 1 aliphatic rings. The molecule has 0 N–H and O–H groups in total. The highest BCUT2D eigenvalue weighted by molar-refractivity contribution is 5.96. The smallest absolute Gasteiger partial charge is 0.254 e. The minimum Gasteiger partial charge on any atom is -0.493 e. The Labute approximate surface area is 117 Å². The van der Waals surface area contributed by atoms with Crippen LogP contribution in [0.4, 0.5) is 4.39 Å². The van der Waals surface area contributed by atoms with Crippen LogP contribution in [-0.4, -0.2) is 51.9 Å². The van der Waals surface area contributed by atoms with E-state index >= 15 is 0 Å². The lowest BCUT2D eigenvalue weighted by Crippen LogP contribution is -2.50. The topological polar surface area (TPSA) is 48.0 Å². The third-order valence-electron chi connectivity index (χ3n) is 3.37. The fourth-order valence-corrected chi connectivity index (χ4v) is 2.22. The second kappa shape index (κ2) is 5.98. The van der Waals surface area contributed by atoms with Gasteiger partial charge >= 0.3 is 0 Å². The zero-order chi connectivity index (χ0) is 14.7. The third kappa shape index (κ3) is 2.50. The molecule has 1 aliphatic heterocycles. The summed E-state index contributed by atoms with van der Waals surface area (Å²) < 4.78 is 28.0. The summed E-state index contributed by atoms with van der Waals surface area (Å²) in [5.41, 5.74) is 0.441. The molecular formula is C14H18FNO4. The Hall–Kier alpha value is -1.98. The molecule has 0 atom stereocenters. The quantitative estimate of drug-likeness (QED) is 0.826. The largest absolute Gasteiger partial charge is 0.493 e. The van der Waals surface area contributed by atoms with Gasteiger partial charge in [0.2, 0.25) is 5.75 Å². The van der Waals surface area contributed by atoms with Crippen molar-refractivity contribution in [1.82, 2.24) is 4.90 Å². The number of carbonyl (C=O) groups is 1. The molecule has 0 aliphatic carbocycles. The lowest BCUT2D eigenvalue weighted by Gasteiger charge is -2.37. The summed E-state index contributed by atoms with van der Waals surface area (Å²) in [5, 5.41) is 0. The molecule has 1 saturated heterocycles. The van der Waals surface area contributed by atoms with Gasteiger partial charge in [0.15, 0.2) is 11.5 Å². The maximum Gasteiger partial charge on any atom is 0.254 e. The van der Waals surface area contributed by atoms with Gasteiger partial charge < -0.3 is 19.1 Å². The van der Waals surface area contributed by atoms with Gasteiger partial charge in [-0.2, -0.15) is 0 Å². The minimum atomic E-state index is -0.390. The summed E-state index contributed by atoms with van der Waals surface area (Å²) in [4.78, 5) is 13.9. The van der Waals surface area contributed by atoms with Crippen LogP contribution in [0, 0.1) is 5.92 Å². The Kier molecular flexibility index (Phi) is 4.32. The van der Waals surface area contributed by atoms with Crippen molar-refractivity contribution >= 4 is 5.91 Å². The van der Waals surface area contributed by atoms with Crippen LogP contribution < -0.4 is 14.2 Å². The van der Waals surface area contributed by atoms with Crippen molar-refractivity contribution in [3.05, 3.63) is 17.7 Å². The number of hydrogen-bond acceptors (Lipinski definition) is 4. The number of nitrogens with zero attached hydrogens (tertiary/aromatic N) is 1. The molecule has 0 bridgehead atoms. The van der Waals surface area contributed by atoms with Crippen molar-refractivity contribution in [1.29, 1.82) is 0 Å². The second-order valence-electron chi connectivity index (χ2n) is 4.64. The Morgan fingerprint density at radius 2 is 1.75 bits per heavy atom. The van der Waals surface area contributed by atoms with Crippen LogP contribution in [0.3, 0.4) is 0 Å². The van der Waals surface area contributed by atoms with Gasteiger partial charge in [0.25, 0.3) is 5.91 Å². The average molecular weight is 283 g/mol. The Morgan fingerprint density at radius 3 is 2.15 bits per heavy atom. The summed E-state index contributed by atoms with van der Waals surface area (Å²) in [6, 6.07) is 3.21. The van der Waals surface area contributed by atoms with Gasteiger partial charge in [-0.3, -0.25) is 9.18 Å². The average Bonchev–Trinajstić information content (AvgIpc) is 2.44. The zero-order valence-electron chi connectivity index (χ0n) is 11.8. The monoisotopic (exact) mass is 283 g/mol. The molecule has 0 radical (unpaired) electrons. The van der Waals surface area contributed by atoms with Crippen LogP contribution in [0.15, 0.2) is 12.1 Å². The van der Waals surface area contributed by atoms with E-state index in [4.69, 9.17) is 14.2 Å². The van der Waals surface area contributed by atoms with E-state index in [1.165, 1.54) is 21.3 Å². The minimum absolute atomic E-state index is 0.0408. The SMILES string of the molecule is COc1cc(C(=O)N2CC(CF)C2)cc(OC)c1OC. The molecule has 1 aromatic rings. The van der Waals surface area contributed by atoms with Crippen LogP contribution in [0.5, 0.6) is 17.2 Å². The molecule has 0 spiro atoms. The molecule has 1 amide bonds. The fraction of sp³-hybridized carbons (Fsp3) is 0.500. The van der Waals surface area contributed by atoms with Crippen molar-refractivity contribution in [2.45, 2.75) is 0 Å². The number of amides is 1. The van der Waals surface area contributed by atoms with Gasteiger partial charge in [0.1, 0.15) is 0 Å². The first-order valence-electron chi connectivity index (χ1n) is 6.29. The molecule has 110 valence electrons. The molecule has 2 rings (SSSR count). The predicted octanol–water partition coefficient (Wildman–Crippen LogP) is 1.75. The number of halogens is 1. The number of hydrogen-bond donors (Lipinski definition) is 0. The van der Waals surface area contributed by atoms with Crippen molar-refractivity contribution in [2.75, 3.05) is 41.1 Å². The first kappa shape index (κ1) is 14.4. The Balaban J connectivity index is 2.26. The van der Waals surface area contributed by atoms with Gasteiger partial charge in [-0.15, -0.1) is 0 Å². The molecule has 20 heavy (non-hydrogen) atoms. The molecule has 1 fully saturated rings. The van der Waals surface area contributed by atoms with E-state index in [2.05, 4.69) is 0 Å². The molecule has 0 aromatic heterocycles. The number of alkyl halides is 1. The summed E-state index contributed by atoms with van der Waals surface area (Å²) in [6.45, 7) is 0.511. The number of likely N-dealkylation sites (tertiary alicyclic amines) is 1. The van der Waals surface area contributed by atoms with E-state index in [-0.39, 0.29) is 18.5 Å². The maximum atomic E-state index is 12.4. The summed E-state index contributed by atoms with van der Waals surface area (Å²) >= 11 is 0. The molecule has 0 unspecified atom stereocenters. The third-order valence-corrected chi connectivity index (χ3v) is 3.37. The Morgan fingerprint density at radius 1 is 1.20 bits per heavy atom. The maximum absolute atomic E-state index is 12.4.